The summed E-state index contributed by atoms with van der Waals surface area (Å²) < 4.78 is 0. The molecule has 1 nitrogen and oxygen atoms in total. The van der Waals surface area contributed by atoms with Crippen LogP contribution in [0.5, 0.6) is 0 Å². The summed E-state index contributed by atoms with van der Waals surface area (Å²) in [5.41, 5.74) is 2.28. The highest BCUT2D eigenvalue weighted by atomic mass is 16.2. The van der Waals surface area contributed by atoms with Gasteiger partial charge in [0.05, 0.1) is 6.61 Å². The van der Waals surface area contributed by atoms with E-state index in [2.05, 4.69) is 30.3 Å². The third-order valence-electron chi connectivity index (χ3n) is 2.60. The van der Waals surface area contributed by atoms with E-state index in [0.717, 1.165) is 5.57 Å². The van der Waals surface area contributed by atoms with Crippen molar-refractivity contribution in [3.8, 4) is 0 Å². The second kappa shape index (κ2) is 4.28. The Hall–Kier alpha value is -1.60. The van der Waals surface area contributed by atoms with Crippen molar-refractivity contribution in [3.05, 3.63) is 54.1 Å². The van der Waals surface area contributed by atoms with Crippen molar-refractivity contribution in [2.45, 2.75) is 6.92 Å². The second-order valence-corrected chi connectivity index (χ2v) is 3.63. The molecule has 0 amide bonds. The van der Waals surface area contributed by atoms with Gasteiger partial charge >= 0.3 is 0 Å². The molecule has 0 aromatic heterocycles. The van der Waals surface area contributed by atoms with Gasteiger partial charge in [0.25, 0.3) is 0 Å². The lowest BCUT2D eigenvalue weighted by molar-refractivity contribution is 0.343. The van der Waals surface area contributed by atoms with Crippen LogP contribution in [0.15, 0.2) is 48.5 Å². The molecule has 1 heteroatoms. The first-order chi connectivity index (χ1) is 7.31. The maximum absolute atomic E-state index is 8.83. The van der Waals surface area contributed by atoms with Gasteiger partial charge in [-0.3, -0.25) is 0 Å². The molecular weight excluding hydrogens is 184 g/mol. The van der Waals surface area contributed by atoms with Crippen LogP contribution >= 0.6 is 0 Å². The third-order valence-corrected chi connectivity index (χ3v) is 2.60. The Bertz CT molecular complexity index is 497. The first-order valence-corrected chi connectivity index (χ1v) is 5.08. The Morgan fingerprint density at radius 2 is 1.87 bits per heavy atom. The maximum atomic E-state index is 8.83. The van der Waals surface area contributed by atoms with Gasteiger partial charge in [-0.05, 0) is 34.9 Å². The summed E-state index contributed by atoms with van der Waals surface area (Å²) in [6.07, 6.45) is 1.82. The minimum atomic E-state index is 0.0959. The van der Waals surface area contributed by atoms with Gasteiger partial charge in [0.15, 0.2) is 0 Å². The normalized spacial score (nSPS) is 12.0. The van der Waals surface area contributed by atoms with Crippen molar-refractivity contribution < 1.29 is 5.11 Å². The van der Waals surface area contributed by atoms with E-state index in [1.807, 2.05) is 25.1 Å². The molecule has 0 heterocycles. The minimum Gasteiger partial charge on any atom is -0.392 e. The molecule has 0 aliphatic rings. The zero-order chi connectivity index (χ0) is 10.7. The van der Waals surface area contributed by atoms with E-state index in [0.29, 0.717) is 0 Å². The van der Waals surface area contributed by atoms with Crippen molar-refractivity contribution in [1.29, 1.82) is 0 Å². The molecule has 15 heavy (non-hydrogen) atoms. The Balaban J connectivity index is 2.51. The smallest absolute Gasteiger partial charge is 0.0618 e. The van der Waals surface area contributed by atoms with E-state index in [-0.39, 0.29) is 6.61 Å². The molecule has 76 valence electrons. The van der Waals surface area contributed by atoms with Crippen LogP contribution in [0.25, 0.3) is 16.3 Å². The highest BCUT2D eigenvalue weighted by molar-refractivity contribution is 5.86. The zero-order valence-electron chi connectivity index (χ0n) is 8.77. The van der Waals surface area contributed by atoms with E-state index in [4.69, 9.17) is 5.11 Å². The molecule has 2 rings (SSSR count). The van der Waals surface area contributed by atoms with Crippen LogP contribution < -0.4 is 0 Å². The fourth-order valence-electron chi connectivity index (χ4n) is 1.69. The molecule has 0 atom stereocenters. The molecule has 0 fully saturated rings. The number of hydrogen-bond acceptors (Lipinski definition) is 1. The van der Waals surface area contributed by atoms with E-state index in [9.17, 15) is 0 Å². The number of benzene rings is 2. The lowest BCUT2D eigenvalue weighted by Gasteiger charge is -2.03. The quantitative estimate of drug-likeness (QED) is 0.785. The Kier molecular flexibility index (Phi) is 2.84. The summed E-state index contributed by atoms with van der Waals surface area (Å²) in [7, 11) is 0. The van der Waals surface area contributed by atoms with Crippen molar-refractivity contribution in [1.82, 2.24) is 0 Å². The highest BCUT2D eigenvalue weighted by Crippen LogP contribution is 2.20. The lowest BCUT2D eigenvalue weighted by atomic mass is 10.0. The summed E-state index contributed by atoms with van der Waals surface area (Å²) >= 11 is 0. The molecule has 0 spiro atoms. The molecule has 0 saturated heterocycles. The van der Waals surface area contributed by atoms with E-state index in [1.165, 1.54) is 16.3 Å². The van der Waals surface area contributed by atoms with Gasteiger partial charge in [0.2, 0.25) is 0 Å². The number of hydrogen-bond donors (Lipinski definition) is 1. The van der Waals surface area contributed by atoms with Gasteiger partial charge in [0, 0.05) is 0 Å². The van der Waals surface area contributed by atoms with Crippen molar-refractivity contribution in [2.75, 3.05) is 6.61 Å². The molecule has 0 saturated carbocycles. The molecule has 0 bridgehead atoms. The zero-order valence-corrected chi connectivity index (χ0v) is 8.77. The summed E-state index contributed by atoms with van der Waals surface area (Å²) in [4.78, 5) is 0. The fraction of sp³-hybridized carbons (Fsp3) is 0.143. The minimum absolute atomic E-state index is 0.0959. The number of aliphatic hydroxyl groups is 1. The lowest BCUT2D eigenvalue weighted by Crippen LogP contribution is -1.82. The number of fused-ring (bicyclic) bond motifs is 1. The topological polar surface area (TPSA) is 20.2 Å². The van der Waals surface area contributed by atoms with Crippen molar-refractivity contribution in [3.63, 3.8) is 0 Å². The standard InChI is InChI=1S/C14H14O/c1-11(8-9-15)13-7-6-12-4-2-3-5-14(12)10-13/h2-8,10,15H,9H2,1H3. The third kappa shape index (κ3) is 2.08. The number of allylic oxidation sites excluding steroid dienone is 1. The first kappa shape index (κ1) is 9.94. The SMILES string of the molecule is CC(=CCO)c1ccc2ccccc2c1. The predicted molar refractivity (Wildman–Crippen MR) is 64.7 cm³/mol. The molecule has 0 aliphatic heterocycles. The molecular formula is C14H14O. The summed E-state index contributed by atoms with van der Waals surface area (Å²) in [5.74, 6) is 0. The molecule has 2 aromatic rings. The fourth-order valence-corrected chi connectivity index (χ4v) is 1.69. The van der Waals surface area contributed by atoms with Gasteiger partial charge in [-0.1, -0.05) is 42.5 Å². The van der Waals surface area contributed by atoms with Crippen LogP contribution in [0.2, 0.25) is 0 Å². The van der Waals surface area contributed by atoms with Crippen molar-refractivity contribution in [2.24, 2.45) is 0 Å². The van der Waals surface area contributed by atoms with Crippen LogP contribution in [-0.4, -0.2) is 11.7 Å². The van der Waals surface area contributed by atoms with Crippen molar-refractivity contribution >= 4 is 16.3 Å². The van der Waals surface area contributed by atoms with Gasteiger partial charge in [-0.2, -0.15) is 0 Å². The van der Waals surface area contributed by atoms with Gasteiger partial charge in [-0.25, -0.2) is 0 Å². The molecule has 0 unspecified atom stereocenters. The first-order valence-electron chi connectivity index (χ1n) is 5.08. The van der Waals surface area contributed by atoms with Crippen LogP contribution in [0.3, 0.4) is 0 Å². The van der Waals surface area contributed by atoms with E-state index < -0.39 is 0 Å². The van der Waals surface area contributed by atoms with Gasteiger partial charge < -0.3 is 5.11 Å². The van der Waals surface area contributed by atoms with Crippen LogP contribution in [-0.2, 0) is 0 Å². The van der Waals surface area contributed by atoms with E-state index >= 15 is 0 Å². The van der Waals surface area contributed by atoms with Gasteiger partial charge in [0.1, 0.15) is 0 Å². The maximum Gasteiger partial charge on any atom is 0.0618 e. The predicted octanol–water partition coefficient (Wildman–Crippen LogP) is 3.24. The number of rotatable bonds is 2. The average molecular weight is 198 g/mol. The summed E-state index contributed by atoms with van der Waals surface area (Å²) in [6.45, 7) is 2.11. The average Bonchev–Trinajstić information content (AvgIpc) is 2.29. The Morgan fingerprint density at radius 3 is 2.60 bits per heavy atom. The van der Waals surface area contributed by atoms with E-state index in [1.54, 1.807) is 0 Å². The summed E-state index contributed by atoms with van der Waals surface area (Å²) in [6, 6.07) is 14.6. The highest BCUT2D eigenvalue weighted by Gasteiger charge is 1.97. The van der Waals surface area contributed by atoms with Crippen LogP contribution in [0.4, 0.5) is 0 Å². The molecule has 1 N–H and O–H groups in total. The van der Waals surface area contributed by atoms with Crippen LogP contribution in [0, 0.1) is 0 Å². The van der Waals surface area contributed by atoms with Gasteiger partial charge in [-0.15, -0.1) is 0 Å². The number of aliphatic hydroxyl groups excluding tert-OH is 1. The summed E-state index contributed by atoms with van der Waals surface area (Å²) in [5, 5.41) is 11.3. The molecule has 2 aromatic carbocycles. The van der Waals surface area contributed by atoms with Crippen LogP contribution in [0.1, 0.15) is 12.5 Å². The Morgan fingerprint density at radius 1 is 1.13 bits per heavy atom. The largest absolute Gasteiger partial charge is 0.392 e. The monoisotopic (exact) mass is 198 g/mol. The second-order valence-electron chi connectivity index (χ2n) is 3.63. The Labute approximate surface area is 89.7 Å². The molecule has 0 aliphatic carbocycles. The molecule has 0 radical (unpaired) electrons.